The van der Waals surface area contributed by atoms with E-state index in [1.54, 1.807) is 18.2 Å². The van der Waals surface area contributed by atoms with Gasteiger partial charge in [-0.15, -0.1) is 0 Å². The van der Waals surface area contributed by atoms with Crippen molar-refractivity contribution in [2.45, 2.75) is 6.42 Å². The number of hydrogen-bond donors (Lipinski definition) is 3. The molecule has 0 spiro atoms. The van der Waals surface area contributed by atoms with Crippen LogP contribution in [0.4, 0.5) is 5.69 Å². The van der Waals surface area contributed by atoms with Crippen molar-refractivity contribution in [1.82, 2.24) is 0 Å². The van der Waals surface area contributed by atoms with Crippen molar-refractivity contribution in [3.8, 4) is 0 Å². The van der Waals surface area contributed by atoms with Crippen LogP contribution >= 0.6 is 15.9 Å². The molecule has 86 valence electrons. The molecule has 0 radical (unpaired) electrons. The van der Waals surface area contributed by atoms with Gasteiger partial charge in [0.05, 0.1) is 12.0 Å². The van der Waals surface area contributed by atoms with Crippen LogP contribution in [0.15, 0.2) is 22.7 Å². The van der Waals surface area contributed by atoms with Gasteiger partial charge in [-0.25, -0.2) is 0 Å². The number of anilines is 1. The lowest BCUT2D eigenvalue weighted by Gasteiger charge is -2.10. The third kappa shape index (κ3) is 3.23. The monoisotopic (exact) mass is 286 g/mol. The molecule has 0 aromatic heterocycles. The molecular formula is C10H11BrN2O3. The molecule has 1 amide bonds. The van der Waals surface area contributed by atoms with Gasteiger partial charge in [0.15, 0.2) is 0 Å². The van der Waals surface area contributed by atoms with E-state index < -0.39 is 11.9 Å². The second-order valence-corrected chi connectivity index (χ2v) is 3.95. The van der Waals surface area contributed by atoms with E-state index in [1.807, 2.05) is 0 Å². The lowest BCUT2D eigenvalue weighted by molar-refractivity contribution is -0.136. The number of nitrogens with one attached hydrogen (secondary N) is 1. The van der Waals surface area contributed by atoms with Gasteiger partial charge in [0.1, 0.15) is 0 Å². The summed E-state index contributed by atoms with van der Waals surface area (Å²) in [5.41, 5.74) is 6.08. The molecule has 1 aromatic carbocycles. The summed E-state index contributed by atoms with van der Waals surface area (Å²) in [4.78, 5) is 21.5. The van der Waals surface area contributed by atoms with Gasteiger partial charge in [0.25, 0.3) is 5.91 Å². The van der Waals surface area contributed by atoms with Crippen LogP contribution in [0.5, 0.6) is 0 Å². The number of amides is 1. The molecule has 6 heteroatoms. The van der Waals surface area contributed by atoms with E-state index in [-0.39, 0.29) is 13.0 Å². The number of aliphatic carboxylic acids is 1. The van der Waals surface area contributed by atoms with E-state index in [2.05, 4.69) is 21.2 Å². The lowest BCUT2D eigenvalue weighted by atomic mass is 10.1. The Kier molecular flexibility index (Phi) is 4.30. The van der Waals surface area contributed by atoms with Crippen LogP contribution in [-0.2, 0) is 4.79 Å². The maximum atomic E-state index is 11.2. The van der Waals surface area contributed by atoms with E-state index in [9.17, 15) is 9.59 Å². The molecule has 0 aliphatic heterocycles. The Hall–Kier alpha value is -1.56. The van der Waals surface area contributed by atoms with Crippen molar-refractivity contribution in [1.29, 1.82) is 0 Å². The molecular weight excluding hydrogens is 276 g/mol. The lowest BCUT2D eigenvalue weighted by Crippen LogP contribution is -2.16. The predicted molar refractivity (Wildman–Crippen MR) is 63.4 cm³/mol. The van der Waals surface area contributed by atoms with Gasteiger partial charge in [-0.2, -0.15) is 0 Å². The summed E-state index contributed by atoms with van der Waals surface area (Å²) in [6, 6.07) is 5.11. The van der Waals surface area contributed by atoms with Gasteiger partial charge >= 0.3 is 5.97 Å². The molecule has 0 unspecified atom stereocenters. The Labute approximate surface area is 101 Å². The van der Waals surface area contributed by atoms with Crippen molar-refractivity contribution >= 4 is 33.5 Å². The zero-order chi connectivity index (χ0) is 12.1. The van der Waals surface area contributed by atoms with Crippen molar-refractivity contribution in [3.63, 3.8) is 0 Å². The third-order valence-corrected chi connectivity index (χ3v) is 2.58. The highest BCUT2D eigenvalue weighted by Crippen LogP contribution is 2.24. The van der Waals surface area contributed by atoms with Crippen LogP contribution in [0, 0.1) is 0 Å². The summed E-state index contributed by atoms with van der Waals surface area (Å²) in [6.07, 6.45) is -0.0231. The van der Waals surface area contributed by atoms with Gasteiger partial charge in [0, 0.05) is 16.7 Å². The first kappa shape index (κ1) is 12.5. The molecule has 0 fully saturated rings. The molecule has 5 nitrogen and oxygen atoms in total. The number of primary amides is 1. The van der Waals surface area contributed by atoms with Crippen molar-refractivity contribution in [2.24, 2.45) is 5.73 Å². The van der Waals surface area contributed by atoms with Crippen molar-refractivity contribution in [2.75, 3.05) is 11.9 Å². The summed E-state index contributed by atoms with van der Waals surface area (Å²) in [6.45, 7) is 0.242. The van der Waals surface area contributed by atoms with Crippen LogP contribution < -0.4 is 11.1 Å². The first-order chi connectivity index (χ1) is 7.52. The SMILES string of the molecule is NC(=O)c1c(Br)cccc1NCCC(=O)O. The molecule has 0 atom stereocenters. The molecule has 0 aliphatic rings. The van der Waals surface area contributed by atoms with Crippen molar-refractivity contribution < 1.29 is 14.7 Å². The van der Waals surface area contributed by atoms with Crippen LogP contribution in [0.2, 0.25) is 0 Å². The summed E-state index contributed by atoms with van der Waals surface area (Å²) < 4.78 is 0.584. The fourth-order valence-electron chi connectivity index (χ4n) is 1.23. The Balaban J connectivity index is 2.83. The molecule has 0 aliphatic carbocycles. The largest absolute Gasteiger partial charge is 0.481 e. The van der Waals surface area contributed by atoms with Gasteiger partial charge in [0.2, 0.25) is 0 Å². The van der Waals surface area contributed by atoms with Gasteiger partial charge < -0.3 is 16.2 Å². The minimum atomic E-state index is -0.900. The van der Waals surface area contributed by atoms with Crippen molar-refractivity contribution in [3.05, 3.63) is 28.2 Å². The molecule has 0 bridgehead atoms. The number of benzene rings is 1. The average Bonchev–Trinajstić information content (AvgIpc) is 2.16. The molecule has 0 saturated carbocycles. The highest BCUT2D eigenvalue weighted by molar-refractivity contribution is 9.10. The first-order valence-electron chi connectivity index (χ1n) is 4.56. The van der Waals surface area contributed by atoms with E-state index in [1.165, 1.54) is 0 Å². The minimum absolute atomic E-state index is 0.0231. The number of carbonyl (C=O) groups excluding carboxylic acids is 1. The maximum absolute atomic E-state index is 11.2. The Bertz CT molecular complexity index is 421. The fraction of sp³-hybridized carbons (Fsp3) is 0.200. The van der Waals surface area contributed by atoms with E-state index in [4.69, 9.17) is 10.8 Å². The highest BCUT2D eigenvalue weighted by atomic mass is 79.9. The predicted octanol–water partition coefficient (Wildman–Crippen LogP) is 1.43. The van der Waals surface area contributed by atoms with Crippen LogP contribution in [-0.4, -0.2) is 23.5 Å². The summed E-state index contributed by atoms with van der Waals surface area (Å²) in [7, 11) is 0. The topological polar surface area (TPSA) is 92.4 Å². The molecule has 0 saturated heterocycles. The zero-order valence-electron chi connectivity index (χ0n) is 8.37. The quantitative estimate of drug-likeness (QED) is 0.764. The van der Waals surface area contributed by atoms with E-state index in [0.29, 0.717) is 15.7 Å². The van der Waals surface area contributed by atoms with Gasteiger partial charge in [-0.05, 0) is 28.1 Å². The second kappa shape index (κ2) is 5.50. The Morgan fingerprint density at radius 2 is 2.12 bits per heavy atom. The van der Waals surface area contributed by atoms with Gasteiger partial charge in [-0.3, -0.25) is 9.59 Å². The standard InChI is InChI=1S/C10H11BrN2O3/c11-6-2-1-3-7(9(6)10(12)16)13-5-4-8(14)15/h1-3,13H,4-5H2,(H2,12,16)(H,14,15). The average molecular weight is 287 g/mol. The molecule has 1 rings (SSSR count). The van der Waals surface area contributed by atoms with E-state index in [0.717, 1.165) is 0 Å². The smallest absolute Gasteiger partial charge is 0.305 e. The Morgan fingerprint density at radius 1 is 1.44 bits per heavy atom. The Morgan fingerprint density at radius 3 is 2.69 bits per heavy atom. The van der Waals surface area contributed by atoms with E-state index >= 15 is 0 Å². The van der Waals surface area contributed by atoms with Gasteiger partial charge in [-0.1, -0.05) is 6.07 Å². The number of halogens is 1. The third-order valence-electron chi connectivity index (χ3n) is 1.91. The number of nitrogens with two attached hydrogens (primary N) is 1. The number of hydrogen-bond acceptors (Lipinski definition) is 3. The molecule has 16 heavy (non-hydrogen) atoms. The number of carboxylic acids is 1. The molecule has 1 aromatic rings. The van der Waals surface area contributed by atoms with Crippen LogP contribution in [0.3, 0.4) is 0 Å². The van der Waals surface area contributed by atoms with Crippen LogP contribution in [0.25, 0.3) is 0 Å². The summed E-state index contributed by atoms with van der Waals surface area (Å²) in [5.74, 6) is -1.46. The van der Waals surface area contributed by atoms with Crippen LogP contribution in [0.1, 0.15) is 16.8 Å². The maximum Gasteiger partial charge on any atom is 0.305 e. The molecule has 0 heterocycles. The molecule has 4 N–H and O–H groups in total. The highest BCUT2D eigenvalue weighted by Gasteiger charge is 2.11. The summed E-state index contributed by atoms with van der Waals surface area (Å²) in [5, 5.41) is 11.3. The minimum Gasteiger partial charge on any atom is -0.481 e. The number of rotatable bonds is 5. The second-order valence-electron chi connectivity index (χ2n) is 3.10. The summed E-state index contributed by atoms with van der Waals surface area (Å²) >= 11 is 3.21. The number of carbonyl (C=O) groups is 2. The first-order valence-corrected chi connectivity index (χ1v) is 5.35. The fourth-order valence-corrected chi connectivity index (χ4v) is 1.79. The zero-order valence-corrected chi connectivity index (χ0v) is 9.95. The number of carboxylic acid groups (broad SMARTS) is 1. The normalized spacial score (nSPS) is 9.81.